The molecule has 2 nitrogen and oxygen atoms in total. The molecule has 1 rings (SSSR count). The lowest BCUT2D eigenvalue weighted by Crippen LogP contribution is -2.32. The quantitative estimate of drug-likeness (QED) is 0.554. The number of carbonyl (C=O) groups is 1. The summed E-state index contributed by atoms with van der Waals surface area (Å²) in [7, 11) is 0. The Morgan fingerprint density at radius 3 is 2.70 bits per heavy atom. The Kier molecular flexibility index (Phi) is 2.32. The maximum atomic E-state index is 11.9. The highest BCUT2D eigenvalue weighted by Crippen LogP contribution is 2.16. The lowest BCUT2D eigenvalue weighted by Gasteiger charge is -2.19. The third kappa shape index (κ3) is 1.50. The second-order valence-electron chi connectivity index (χ2n) is 2.23. The first-order valence-corrected chi connectivity index (χ1v) is 3.10. The molecule has 1 aliphatic heterocycles. The summed E-state index contributed by atoms with van der Waals surface area (Å²) in [6.07, 6.45) is -2.43. The van der Waals surface area contributed by atoms with Gasteiger partial charge in [-0.25, -0.2) is 8.78 Å². The van der Waals surface area contributed by atoms with E-state index in [1.165, 1.54) is 0 Å². The van der Waals surface area contributed by atoms with Gasteiger partial charge in [-0.05, 0) is 0 Å². The molecule has 0 saturated carbocycles. The zero-order valence-corrected chi connectivity index (χ0v) is 5.35. The van der Waals surface area contributed by atoms with Crippen molar-refractivity contribution in [2.24, 2.45) is 5.92 Å². The highest BCUT2D eigenvalue weighted by Gasteiger charge is 2.30. The van der Waals surface area contributed by atoms with Crippen LogP contribution >= 0.6 is 0 Å². The average Bonchev–Trinajstić information content (AvgIpc) is 1.88. The van der Waals surface area contributed by atoms with Crippen LogP contribution in [0.15, 0.2) is 0 Å². The predicted octanol–water partition coefficient (Wildman–Crippen LogP) is 0.857. The molecule has 1 unspecified atom stereocenters. The minimum Gasteiger partial charge on any atom is -0.380 e. The van der Waals surface area contributed by atoms with Crippen LogP contribution in [0, 0.1) is 5.92 Å². The Labute approximate surface area is 57.2 Å². The van der Waals surface area contributed by atoms with Crippen molar-refractivity contribution in [1.29, 1.82) is 0 Å². The van der Waals surface area contributed by atoms with Crippen LogP contribution in [0.3, 0.4) is 0 Å². The number of rotatable bonds is 1. The molecule has 1 aliphatic rings. The standard InChI is InChI=1S/C6H8F2O2/c7-6(8)4-3-10-2-1-5(4)9/h4,6H,1-3H2. The van der Waals surface area contributed by atoms with Gasteiger partial charge in [-0.15, -0.1) is 0 Å². The summed E-state index contributed by atoms with van der Waals surface area (Å²) in [5, 5.41) is 0. The summed E-state index contributed by atoms with van der Waals surface area (Å²) in [4.78, 5) is 10.7. The van der Waals surface area contributed by atoms with E-state index in [1.807, 2.05) is 0 Å². The molecule has 0 aromatic heterocycles. The number of ketones is 1. The van der Waals surface area contributed by atoms with Gasteiger partial charge in [0.1, 0.15) is 11.7 Å². The summed E-state index contributed by atoms with van der Waals surface area (Å²) in [6, 6.07) is 0. The molecule has 58 valence electrons. The average molecular weight is 150 g/mol. The van der Waals surface area contributed by atoms with Crippen molar-refractivity contribution in [1.82, 2.24) is 0 Å². The van der Waals surface area contributed by atoms with E-state index in [0.29, 0.717) is 6.61 Å². The maximum absolute atomic E-state index is 11.9. The van der Waals surface area contributed by atoms with E-state index in [-0.39, 0.29) is 18.8 Å². The first-order valence-electron chi connectivity index (χ1n) is 3.10. The van der Waals surface area contributed by atoms with E-state index in [9.17, 15) is 13.6 Å². The van der Waals surface area contributed by atoms with E-state index in [2.05, 4.69) is 0 Å². The summed E-state index contributed by atoms with van der Waals surface area (Å²) in [6.45, 7) is 0.179. The molecule has 0 aliphatic carbocycles. The number of halogens is 2. The smallest absolute Gasteiger partial charge is 0.250 e. The van der Waals surface area contributed by atoms with Crippen LogP contribution in [0.5, 0.6) is 0 Å². The largest absolute Gasteiger partial charge is 0.380 e. The first-order chi connectivity index (χ1) is 4.72. The molecular weight excluding hydrogens is 142 g/mol. The number of ether oxygens (including phenoxy) is 1. The van der Waals surface area contributed by atoms with Crippen LogP contribution in [-0.4, -0.2) is 25.4 Å². The molecule has 1 saturated heterocycles. The van der Waals surface area contributed by atoms with Gasteiger partial charge in [-0.2, -0.15) is 0 Å². The van der Waals surface area contributed by atoms with Gasteiger partial charge in [0.05, 0.1) is 13.2 Å². The minimum atomic E-state index is -2.56. The summed E-state index contributed by atoms with van der Waals surface area (Å²) < 4.78 is 28.5. The van der Waals surface area contributed by atoms with Gasteiger partial charge < -0.3 is 4.74 Å². The van der Waals surface area contributed by atoms with Gasteiger partial charge in [0.15, 0.2) is 0 Å². The zero-order valence-electron chi connectivity index (χ0n) is 5.35. The van der Waals surface area contributed by atoms with Crippen molar-refractivity contribution in [2.45, 2.75) is 12.8 Å². The van der Waals surface area contributed by atoms with Crippen LogP contribution in [0.1, 0.15) is 6.42 Å². The van der Waals surface area contributed by atoms with Gasteiger partial charge >= 0.3 is 0 Å². The minimum absolute atomic E-state index is 0.115. The molecule has 0 bridgehead atoms. The number of hydrogen-bond acceptors (Lipinski definition) is 2. The lowest BCUT2D eigenvalue weighted by molar-refractivity contribution is -0.137. The van der Waals surface area contributed by atoms with Crippen molar-refractivity contribution in [3.8, 4) is 0 Å². The predicted molar refractivity (Wildman–Crippen MR) is 29.9 cm³/mol. The summed E-state index contributed by atoms with van der Waals surface area (Å²) in [5.74, 6) is -1.55. The fourth-order valence-corrected chi connectivity index (χ4v) is 0.875. The lowest BCUT2D eigenvalue weighted by atomic mass is 10.0. The molecule has 0 radical (unpaired) electrons. The fraction of sp³-hybridized carbons (Fsp3) is 0.833. The molecule has 0 amide bonds. The molecule has 0 aromatic carbocycles. The maximum Gasteiger partial charge on any atom is 0.250 e. The van der Waals surface area contributed by atoms with Gasteiger partial charge in [0, 0.05) is 6.42 Å². The van der Waals surface area contributed by atoms with Crippen molar-refractivity contribution >= 4 is 5.78 Å². The normalized spacial score (nSPS) is 27.5. The van der Waals surface area contributed by atoms with Crippen molar-refractivity contribution in [2.75, 3.05) is 13.2 Å². The molecule has 10 heavy (non-hydrogen) atoms. The van der Waals surface area contributed by atoms with Crippen molar-refractivity contribution in [3.63, 3.8) is 0 Å². The Morgan fingerprint density at radius 2 is 2.30 bits per heavy atom. The monoisotopic (exact) mass is 150 g/mol. The second kappa shape index (κ2) is 3.05. The molecule has 0 aromatic rings. The molecular formula is C6H8F2O2. The molecule has 1 fully saturated rings. The van der Waals surface area contributed by atoms with Crippen LogP contribution in [0.4, 0.5) is 8.78 Å². The second-order valence-corrected chi connectivity index (χ2v) is 2.23. The van der Waals surface area contributed by atoms with E-state index < -0.39 is 12.3 Å². The Morgan fingerprint density at radius 1 is 1.60 bits per heavy atom. The number of hydrogen-bond donors (Lipinski definition) is 0. The summed E-state index contributed by atoms with van der Waals surface area (Å²) >= 11 is 0. The summed E-state index contributed by atoms with van der Waals surface area (Å²) in [5.41, 5.74) is 0. The third-order valence-electron chi connectivity index (χ3n) is 1.51. The molecule has 0 N–H and O–H groups in total. The Balaban J connectivity index is 2.48. The van der Waals surface area contributed by atoms with Gasteiger partial charge in [-0.3, -0.25) is 4.79 Å². The van der Waals surface area contributed by atoms with E-state index >= 15 is 0 Å². The molecule has 4 heteroatoms. The topological polar surface area (TPSA) is 26.3 Å². The number of carbonyl (C=O) groups excluding carboxylic acids is 1. The van der Waals surface area contributed by atoms with Crippen LogP contribution < -0.4 is 0 Å². The van der Waals surface area contributed by atoms with Gasteiger partial charge in [-0.1, -0.05) is 0 Å². The van der Waals surface area contributed by atoms with E-state index in [0.717, 1.165) is 0 Å². The highest BCUT2D eigenvalue weighted by atomic mass is 19.3. The van der Waals surface area contributed by atoms with Crippen molar-refractivity contribution in [3.05, 3.63) is 0 Å². The van der Waals surface area contributed by atoms with E-state index in [1.54, 1.807) is 0 Å². The highest BCUT2D eigenvalue weighted by molar-refractivity contribution is 5.82. The Bertz CT molecular complexity index is 136. The van der Waals surface area contributed by atoms with Crippen LogP contribution in [-0.2, 0) is 9.53 Å². The SMILES string of the molecule is O=C1CCOCC1C(F)F. The third-order valence-corrected chi connectivity index (χ3v) is 1.51. The van der Waals surface area contributed by atoms with Crippen molar-refractivity contribution < 1.29 is 18.3 Å². The number of Topliss-reactive ketones (excluding diaryl/α,β-unsaturated/α-hetero) is 1. The van der Waals surface area contributed by atoms with Gasteiger partial charge in [0.2, 0.25) is 0 Å². The van der Waals surface area contributed by atoms with Gasteiger partial charge in [0.25, 0.3) is 6.43 Å². The Hall–Kier alpha value is -0.510. The molecule has 1 heterocycles. The van der Waals surface area contributed by atoms with Crippen LogP contribution in [0.25, 0.3) is 0 Å². The van der Waals surface area contributed by atoms with E-state index in [4.69, 9.17) is 4.74 Å². The molecule has 1 atom stereocenters. The fourth-order valence-electron chi connectivity index (χ4n) is 0.875. The first kappa shape index (κ1) is 7.60. The number of alkyl halides is 2. The zero-order chi connectivity index (χ0) is 7.56. The van der Waals surface area contributed by atoms with Crippen LogP contribution in [0.2, 0.25) is 0 Å². The molecule has 0 spiro atoms.